The predicted octanol–water partition coefficient (Wildman–Crippen LogP) is 3.11. The maximum atomic E-state index is 12.5. The minimum absolute atomic E-state index is 0.0119. The van der Waals surface area contributed by atoms with E-state index in [2.05, 4.69) is 15.4 Å². The summed E-state index contributed by atoms with van der Waals surface area (Å²) in [5, 5.41) is 26.7. The van der Waals surface area contributed by atoms with Gasteiger partial charge in [0.2, 0.25) is 10.0 Å². The summed E-state index contributed by atoms with van der Waals surface area (Å²) in [5.74, 6) is -0.904. The normalized spacial score (nSPS) is 10.9. The molecule has 0 aliphatic rings. The number of nitrogens with zero attached hydrogens (tertiary/aromatic N) is 2. The van der Waals surface area contributed by atoms with Gasteiger partial charge in [0, 0.05) is 24.4 Å². The molecule has 3 aromatic rings. The molecule has 14 heteroatoms. The molecule has 35 heavy (non-hydrogen) atoms. The summed E-state index contributed by atoms with van der Waals surface area (Å²) in [4.78, 5) is 32.7. The van der Waals surface area contributed by atoms with Crippen molar-refractivity contribution in [2.75, 3.05) is 5.32 Å². The van der Waals surface area contributed by atoms with Crippen LogP contribution < -0.4 is 15.4 Å². The van der Waals surface area contributed by atoms with Crippen molar-refractivity contribution < 1.29 is 23.1 Å². The van der Waals surface area contributed by atoms with E-state index in [1.165, 1.54) is 24.3 Å². The van der Waals surface area contributed by atoms with E-state index in [-0.39, 0.29) is 22.1 Å². The van der Waals surface area contributed by atoms with Gasteiger partial charge < -0.3 is 5.32 Å². The minimum atomic E-state index is -3.77. The van der Waals surface area contributed by atoms with Crippen LogP contribution in [0.2, 0.25) is 0 Å². The van der Waals surface area contributed by atoms with Crippen LogP contribution in [0.4, 0.5) is 17.1 Å². The Bertz CT molecular complexity index is 1360. The van der Waals surface area contributed by atoms with Gasteiger partial charge in [0.25, 0.3) is 17.3 Å². The van der Waals surface area contributed by atoms with Crippen LogP contribution in [0.3, 0.4) is 0 Å². The summed E-state index contributed by atoms with van der Waals surface area (Å²) in [7, 11) is -3.77. The summed E-state index contributed by atoms with van der Waals surface area (Å²) in [6.07, 6.45) is 0. The van der Waals surface area contributed by atoms with Crippen LogP contribution in [0.25, 0.3) is 0 Å². The van der Waals surface area contributed by atoms with Crippen molar-refractivity contribution >= 4 is 50.3 Å². The Hall–Kier alpha value is -4.27. The summed E-state index contributed by atoms with van der Waals surface area (Å²) in [6, 6.07) is 17.0. The van der Waals surface area contributed by atoms with Crippen LogP contribution in [0.5, 0.6) is 0 Å². The molecule has 180 valence electrons. The van der Waals surface area contributed by atoms with Crippen molar-refractivity contribution in [2.24, 2.45) is 0 Å². The van der Waals surface area contributed by atoms with E-state index in [4.69, 9.17) is 12.2 Å². The number of non-ortho nitro benzene ring substituents is 2. The van der Waals surface area contributed by atoms with Crippen LogP contribution in [0.1, 0.15) is 15.9 Å². The van der Waals surface area contributed by atoms with Gasteiger partial charge in [-0.05, 0) is 42.0 Å². The van der Waals surface area contributed by atoms with Crippen LogP contribution in [-0.2, 0) is 16.6 Å². The molecular formula is C21H17N5O7S2. The zero-order chi connectivity index (χ0) is 25.6. The topological polar surface area (TPSA) is 174 Å². The standard InChI is InChI=1S/C21H17N5O7S2/c27-20(15-10-17(25(28)29)12-18(11-15)26(30)31)24-21(34)23-16-6-8-19(9-7-16)35(32,33)22-13-14-4-2-1-3-5-14/h1-12,22H,13H2,(H2,23,24,27,34). The summed E-state index contributed by atoms with van der Waals surface area (Å²) in [5.41, 5.74) is -0.436. The maximum Gasteiger partial charge on any atom is 0.277 e. The summed E-state index contributed by atoms with van der Waals surface area (Å²) >= 11 is 5.04. The van der Waals surface area contributed by atoms with Crippen LogP contribution in [0, 0.1) is 20.2 Å². The van der Waals surface area contributed by atoms with Crippen LogP contribution in [-0.4, -0.2) is 29.3 Å². The van der Waals surface area contributed by atoms with Gasteiger partial charge in [0.05, 0.1) is 26.4 Å². The number of nitro benzene ring substituents is 2. The molecule has 1 amide bonds. The van der Waals surface area contributed by atoms with Crippen molar-refractivity contribution in [2.45, 2.75) is 11.4 Å². The number of hydrogen-bond donors (Lipinski definition) is 3. The van der Waals surface area contributed by atoms with Crippen molar-refractivity contribution in [1.82, 2.24) is 10.0 Å². The molecule has 0 saturated carbocycles. The van der Waals surface area contributed by atoms with Gasteiger partial charge >= 0.3 is 0 Å². The van der Waals surface area contributed by atoms with Gasteiger partial charge in [-0.2, -0.15) is 0 Å². The Morgan fingerprint density at radius 1 is 0.886 bits per heavy atom. The second-order valence-corrected chi connectivity index (χ2v) is 9.17. The third kappa shape index (κ3) is 6.86. The third-order valence-corrected chi connectivity index (χ3v) is 6.17. The number of benzene rings is 3. The van der Waals surface area contributed by atoms with Crippen molar-refractivity contribution in [3.63, 3.8) is 0 Å². The van der Waals surface area contributed by atoms with Gasteiger partial charge in [-0.3, -0.25) is 30.3 Å². The van der Waals surface area contributed by atoms with Gasteiger partial charge in [0.1, 0.15) is 0 Å². The van der Waals surface area contributed by atoms with E-state index in [1.807, 2.05) is 6.07 Å². The SMILES string of the molecule is O=C(NC(=S)Nc1ccc(S(=O)(=O)NCc2ccccc2)cc1)c1cc([N+](=O)[O-])cc([N+](=O)[O-])c1. The molecule has 0 bridgehead atoms. The second kappa shape index (κ2) is 10.8. The molecule has 0 unspecified atom stereocenters. The molecule has 0 aromatic heterocycles. The lowest BCUT2D eigenvalue weighted by molar-refractivity contribution is -0.394. The number of anilines is 1. The van der Waals surface area contributed by atoms with Crippen LogP contribution >= 0.6 is 12.2 Å². The molecule has 0 fully saturated rings. The molecule has 0 aliphatic heterocycles. The highest BCUT2D eigenvalue weighted by Crippen LogP contribution is 2.22. The molecule has 0 aliphatic carbocycles. The zero-order valence-corrected chi connectivity index (χ0v) is 19.3. The number of nitrogens with one attached hydrogen (secondary N) is 3. The molecule has 3 rings (SSSR count). The van der Waals surface area contributed by atoms with Gasteiger partial charge in [0.15, 0.2) is 5.11 Å². The second-order valence-electron chi connectivity index (χ2n) is 7.00. The number of thiocarbonyl (C=S) groups is 1. The van der Waals surface area contributed by atoms with Crippen molar-refractivity contribution in [3.8, 4) is 0 Å². The first-order chi connectivity index (χ1) is 16.5. The van der Waals surface area contributed by atoms with Crippen molar-refractivity contribution in [3.05, 3.63) is 104 Å². The van der Waals surface area contributed by atoms with Crippen molar-refractivity contribution in [1.29, 1.82) is 0 Å². The zero-order valence-electron chi connectivity index (χ0n) is 17.7. The Morgan fingerprint density at radius 2 is 1.46 bits per heavy atom. The third-order valence-electron chi connectivity index (χ3n) is 4.55. The fourth-order valence-corrected chi connectivity index (χ4v) is 4.08. The van der Waals surface area contributed by atoms with E-state index in [0.29, 0.717) is 5.69 Å². The average molecular weight is 516 g/mol. The monoisotopic (exact) mass is 515 g/mol. The molecule has 0 saturated heterocycles. The molecule has 0 radical (unpaired) electrons. The van der Waals surface area contributed by atoms with E-state index in [1.54, 1.807) is 24.3 Å². The minimum Gasteiger partial charge on any atom is -0.332 e. The number of nitro groups is 2. The highest BCUT2D eigenvalue weighted by atomic mass is 32.2. The lowest BCUT2D eigenvalue weighted by atomic mass is 10.1. The number of hydrogen-bond acceptors (Lipinski definition) is 8. The largest absolute Gasteiger partial charge is 0.332 e. The van der Waals surface area contributed by atoms with E-state index >= 15 is 0 Å². The predicted molar refractivity (Wildman–Crippen MR) is 130 cm³/mol. The number of sulfonamides is 1. The number of carbonyl (C=O) groups is 1. The lowest BCUT2D eigenvalue weighted by Gasteiger charge is -2.11. The molecule has 0 spiro atoms. The van der Waals surface area contributed by atoms with E-state index in [9.17, 15) is 33.4 Å². The summed E-state index contributed by atoms with van der Waals surface area (Å²) in [6.45, 7) is 0.120. The van der Waals surface area contributed by atoms with E-state index in [0.717, 1.165) is 23.8 Å². The first-order valence-corrected chi connectivity index (χ1v) is 11.6. The molecule has 0 atom stereocenters. The van der Waals surface area contributed by atoms with Gasteiger partial charge in [-0.15, -0.1) is 0 Å². The number of rotatable bonds is 8. The quantitative estimate of drug-likeness (QED) is 0.231. The molecule has 3 aromatic carbocycles. The fraction of sp³-hybridized carbons (Fsp3) is 0.0476. The van der Waals surface area contributed by atoms with Gasteiger partial charge in [-0.25, -0.2) is 13.1 Å². The number of amides is 1. The molecule has 12 nitrogen and oxygen atoms in total. The first kappa shape index (κ1) is 25.4. The smallest absolute Gasteiger partial charge is 0.277 e. The Balaban J connectivity index is 1.64. The fourth-order valence-electron chi connectivity index (χ4n) is 2.85. The Labute approximate surface area is 204 Å². The average Bonchev–Trinajstić information content (AvgIpc) is 2.83. The molecule has 3 N–H and O–H groups in total. The van der Waals surface area contributed by atoms with E-state index < -0.39 is 37.2 Å². The first-order valence-electron chi connectivity index (χ1n) is 9.75. The van der Waals surface area contributed by atoms with Gasteiger partial charge in [-0.1, -0.05) is 30.3 Å². The number of carbonyl (C=O) groups excluding carboxylic acids is 1. The highest BCUT2D eigenvalue weighted by molar-refractivity contribution is 7.89. The maximum absolute atomic E-state index is 12.5. The summed E-state index contributed by atoms with van der Waals surface area (Å²) < 4.78 is 27.5. The molecule has 0 heterocycles. The Morgan fingerprint density at radius 3 is 2.00 bits per heavy atom. The Kier molecular flexibility index (Phi) is 7.80. The van der Waals surface area contributed by atoms with Crippen LogP contribution in [0.15, 0.2) is 77.7 Å². The highest BCUT2D eigenvalue weighted by Gasteiger charge is 2.20. The lowest BCUT2D eigenvalue weighted by Crippen LogP contribution is -2.34. The molecular weight excluding hydrogens is 498 g/mol.